The van der Waals surface area contributed by atoms with E-state index in [1.165, 1.54) is 26.2 Å². The van der Waals surface area contributed by atoms with Gasteiger partial charge in [0.1, 0.15) is 14.2 Å². The number of furan rings is 1. The summed E-state index contributed by atoms with van der Waals surface area (Å²) >= 11 is 0. The number of hydrogen-bond donors (Lipinski definition) is 0. The molecule has 0 saturated carbocycles. The van der Waals surface area contributed by atoms with Crippen molar-refractivity contribution in [1.29, 1.82) is 0 Å². The van der Waals surface area contributed by atoms with Crippen LogP contribution in [0.3, 0.4) is 0 Å². The zero-order valence-corrected chi connectivity index (χ0v) is 25.5. The average molecular weight is 497 g/mol. The van der Waals surface area contributed by atoms with Gasteiger partial charge in [-0.05, 0) is 48.5 Å². The maximum absolute atomic E-state index is 11.7. The number of carbonyl (C=O) groups is 1. The van der Waals surface area contributed by atoms with Gasteiger partial charge in [-0.2, -0.15) is 0 Å². The van der Waals surface area contributed by atoms with E-state index in [1.54, 1.807) is 0 Å². The number of rotatable bonds is 13. The third-order valence-electron chi connectivity index (χ3n) is 7.92. The van der Waals surface area contributed by atoms with E-state index in [2.05, 4.69) is 73.8 Å². The molecule has 0 fully saturated rings. The lowest BCUT2D eigenvalue weighted by atomic mass is 10.0. The molecule has 0 aliphatic heterocycles. The Kier molecular flexibility index (Phi) is 11.2. The Morgan fingerprint density at radius 3 is 1.97 bits per heavy atom. The first-order valence-electron chi connectivity index (χ1n) is 12.9. The van der Waals surface area contributed by atoms with Crippen molar-refractivity contribution in [2.24, 2.45) is 0 Å². The fourth-order valence-corrected chi connectivity index (χ4v) is 6.10. The highest BCUT2D eigenvalue weighted by molar-refractivity contribution is 6.91. The van der Waals surface area contributed by atoms with Crippen molar-refractivity contribution in [2.75, 3.05) is 6.61 Å². The van der Waals surface area contributed by atoms with Crippen molar-refractivity contribution in [3.63, 3.8) is 0 Å². The molecule has 1 heterocycles. The molecule has 0 aliphatic rings. The summed E-state index contributed by atoms with van der Waals surface area (Å²) in [5.41, 5.74) is 1.01. The first-order valence-corrected chi connectivity index (χ1v) is 18.8. The van der Waals surface area contributed by atoms with Gasteiger partial charge in [-0.25, -0.2) is 0 Å². The van der Waals surface area contributed by atoms with Crippen molar-refractivity contribution in [3.05, 3.63) is 17.9 Å². The molecule has 0 saturated heterocycles. The second-order valence-corrected chi connectivity index (χ2v) is 22.8. The molecule has 0 aliphatic carbocycles. The predicted octanol–water partition coefficient (Wildman–Crippen LogP) is 8.35. The molecular formula is C27H52O4Si2. The van der Waals surface area contributed by atoms with Crippen molar-refractivity contribution in [3.8, 4) is 0 Å². The van der Waals surface area contributed by atoms with E-state index < -0.39 is 16.4 Å². The van der Waals surface area contributed by atoms with Crippen LogP contribution in [0.25, 0.3) is 0 Å². The largest absolute Gasteiger partial charge is 0.474 e. The van der Waals surface area contributed by atoms with E-state index in [0.717, 1.165) is 43.2 Å². The highest BCUT2D eigenvalue weighted by atomic mass is 28.4. The SMILES string of the molecule is CC(=O)OC(CCCCCCCCO[Si](C)(C)C(C)(C)C)c1coc([Si](C)(C)C(C)(C)C)c1. The number of esters is 1. The molecule has 1 rings (SSSR count). The van der Waals surface area contributed by atoms with Gasteiger partial charge in [-0.15, -0.1) is 0 Å². The van der Waals surface area contributed by atoms with E-state index in [9.17, 15) is 4.79 Å². The van der Waals surface area contributed by atoms with Gasteiger partial charge in [-0.3, -0.25) is 4.79 Å². The van der Waals surface area contributed by atoms with Gasteiger partial charge in [0.05, 0.1) is 11.6 Å². The monoisotopic (exact) mass is 496 g/mol. The molecule has 0 bridgehead atoms. The molecule has 0 N–H and O–H groups in total. The van der Waals surface area contributed by atoms with Crippen molar-refractivity contribution >= 4 is 27.7 Å². The Morgan fingerprint density at radius 1 is 0.909 bits per heavy atom. The molecule has 0 radical (unpaired) electrons. The molecule has 0 aromatic carbocycles. The summed E-state index contributed by atoms with van der Waals surface area (Å²) in [4.78, 5) is 11.7. The third-order valence-corrected chi connectivity index (χ3v) is 17.7. The Hall–Kier alpha value is -0.856. The molecule has 1 aromatic heterocycles. The number of carbonyl (C=O) groups excluding carboxylic acids is 1. The Labute approximate surface area is 206 Å². The minimum Gasteiger partial charge on any atom is -0.474 e. The third kappa shape index (κ3) is 9.37. The lowest BCUT2D eigenvalue weighted by Gasteiger charge is -2.36. The van der Waals surface area contributed by atoms with E-state index >= 15 is 0 Å². The first-order chi connectivity index (χ1) is 15.0. The maximum Gasteiger partial charge on any atom is 0.303 e. The summed E-state index contributed by atoms with van der Waals surface area (Å²) in [5, 5.41) is 1.57. The molecule has 6 heteroatoms. The quantitative estimate of drug-likeness (QED) is 0.156. The van der Waals surface area contributed by atoms with Crippen LogP contribution in [0, 0.1) is 0 Å². The lowest BCUT2D eigenvalue weighted by Crippen LogP contribution is -2.48. The summed E-state index contributed by atoms with van der Waals surface area (Å²) < 4.78 is 17.9. The zero-order valence-electron chi connectivity index (χ0n) is 23.5. The standard InChI is InChI=1S/C27H52O4Si2/c1-22(28)31-24(23-20-25(29-21-23)32(8,9)26(2,3)4)18-16-14-12-13-15-17-19-30-33(10,11)27(5,6)7/h20-21,24H,12-19H2,1-11H3. The van der Waals surface area contributed by atoms with Crippen LogP contribution in [0.5, 0.6) is 0 Å². The van der Waals surface area contributed by atoms with Gasteiger partial charge >= 0.3 is 5.97 Å². The summed E-state index contributed by atoms with van der Waals surface area (Å²) in [6.07, 6.45) is 9.49. The van der Waals surface area contributed by atoms with Gasteiger partial charge in [0.15, 0.2) is 8.32 Å². The van der Waals surface area contributed by atoms with Crippen LogP contribution in [-0.2, 0) is 14.0 Å². The molecule has 1 unspecified atom stereocenters. The van der Waals surface area contributed by atoms with Crippen LogP contribution >= 0.6 is 0 Å². The Morgan fingerprint density at radius 2 is 1.45 bits per heavy atom. The minimum atomic E-state index is -1.74. The fraction of sp³-hybridized carbons (Fsp3) is 0.815. The second kappa shape index (κ2) is 12.2. The van der Waals surface area contributed by atoms with Gasteiger partial charge in [0.2, 0.25) is 0 Å². The highest BCUT2D eigenvalue weighted by Gasteiger charge is 2.40. The van der Waals surface area contributed by atoms with Gasteiger partial charge in [0.25, 0.3) is 0 Å². The molecular weight excluding hydrogens is 444 g/mol. The second-order valence-electron chi connectivity index (χ2n) is 12.7. The van der Waals surface area contributed by atoms with Crippen LogP contribution in [0.15, 0.2) is 16.7 Å². The van der Waals surface area contributed by atoms with Crippen molar-refractivity contribution in [2.45, 2.75) is 136 Å². The van der Waals surface area contributed by atoms with Gasteiger partial charge in [0, 0.05) is 19.1 Å². The molecule has 192 valence electrons. The summed E-state index contributed by atoms with van der Waals surface area (Å²) in [7, 11) is -3.36. The Bertz CT molecular complexity index is 723. The summed E-state index contributed by atoms with van der Waals surface area (Å²) in [6.45, 7) is 25.4. The van der Waals surface area contributed by atoms with E-state index in [1.807, 2.05) is 6.26 Å². The first kappa shape index (κ1) is 30.2. The average Bonchev–Trinajstić information content (AvgIpc) is 3.14. The fourth-order valence-electron chi connectivity index (χ4n) is 3.39. The van der Waals surface area contributed by atoms with Gasteiger partial charge < -0.3 is 13.6 Å². The molecule has 33 heavy (non-hydrogen) atoms. The van der Waals surface area contributed by atoms with Crippen LogP contribution in [0.2, 0.25) is 36.3 Å². The van der Waals surface area contributed by atoms with Crippen LogP contribution in [-0.4, -0.2) is 29.0 Å². The summed E-state index contributed by atoms with van der Waals surface area (Å²) in [5.74, 6) is -0.225. The van der Waals surface area contributed by atoms with Crippen LogP contribution in [0.1, 0.15) is 105 Å². The number of unbranched alkanes of at least 4 members (excludes halogenated alkanes) is 5. The Balaban J connectivity index is 2.44. The summed E-state index contributed by atoms with van der Waals surface area (Å²) in [6, 6.07) is 2.15. The zero-order chi connectivity index (χ0) is 25.5. The van der Waals surface area contributed by atoms with Crippen molar-refractivity contribution in [1.82, 2.24) is 0 Å². The van der Waals surface area contributed by atoms with E-state index in [-0.39, 0.29) is 22.1 Å². The normalized spacial score (nSPS) is 14.4. The maximum atomic E-state index is 11.7. The highest BCUT2D eigenvalue weighted by Crippen LogP contribution is 2.37. The molecule has 4 nitrogen and oxygen atoms in total. The molecule has 1 aromatic rings. The van der Waals surface area contributed by atoms with Crippen LogP contribution < -0.4 is 5.38 Å². The number of ether oxygens (including phenoxy) is 1. The number of hydrogen-bond acceptors (Lipinski definition) is 4. The molecule has 1 atom stereocenters. The van der Waals surface area contributed by atoms with Crippen molar-refractivity contribution < 1.29 is 18.4 Å². The van der Waals surface area contributed by atoms with E-state index in [4.69, 9.17) is 13.6 Å². The van der Waals surface area contributed by atoms with Crippen LogP contribution in [0.4, 0.5) is 0 Å². The van der Waals surface area contributed by atoms with Gasteiger partial charge in [-0.1, -0.05) is 80.3 Å². The predicted molar refractivity (Wildman–Crippen MR) is 146 cm³/mol. The minimum absolute atomic E-state index is 0.203. The lowest BCUT2D eigenvalue weighted by molar-refractivity contribution is -0.147. The molecule has 0 spiro atoms. The molecule has 0 amide bonds. The smallest absolute Gasteiger partial charge is 0.303 e. The van der Waals surface area contributed by atoms with E-state index in [0.29, 0.717) is 0 Å². The topological polar surface area (TPSA) is 48.7 Å².